The molecule has 3 aliphatic rings. The van der Waals surface area contributed by atoms with Crippen molar-refractivity contribution in [1.29, 1.82) is 0 Å². The normalized spacial score (nSPS) is 26.7. The van der Waals surface area contributed by atoms with Crippen LogP contribution in [0.25, 0.3) is 0 Å². The number of rotatable bonds is 4. The summed E-state index contributed by atoms with van der Waals surface area (Å²) in [4.78, 5) is 37.7. The minimum Gasteiger partial charge on any atom is -0.508 e. The first-order valence-corrected chi connectivity index (χ1v) is 10.4. The molecule has 0 bridgehead atoms. The topological polar surface area (TPSA) is 99.1 Å². The van der Waals surface area contributed by atoms with E-state index >= 15 is 0 Å². The SMILES string of the molecule is CC1=C([C@H](C)[C@@H](C)OC=O)C(=O)C2=C(C1=O)[C@H]1O[C@H](C)[C@@H](C)c3c(C)c(O)cc(c31)O2. The number of ketones is 2. The van der Waals surface area contributed by atoms with E-state index in [1.165, 1.54) is 6.07 Å². The Labute approximate surface area is 180 Å². The summed E-state index contributed by atoms with van der Waals surface area (Å²) in [6.07, 6.45) is -1.57. The van der Waals surface area contributed by atoms with Crippen molar-refractivity contribution in [1.82, 2.24) is 0 Å². The number of allylic oxidation sites excluding steroid dienone is 2. The minimum absolute atomic E-state index is 0.0224. The predicted molar refractivity (Wildman–Crippen MR) is 111 cm³/mol. The Balaban J connectivity index is 1.88. The van der Waals surface area contributed by atoms with Gasteiger partial charge in [0.2, 0.25) is 5.78 Å². The van der Waals surface area contributed by atoms with E-state index in [1.807, 2.05) is 20.8 Å². The Kier molecular flexibility index (Phi) is 5.04. The summed E-state index contributed by atoms with van der Waals surface area (Å²) >= 11 is 0. The second kappa shape index (κ2) is 7.34. The predicted octanol–water partition coefficient (Wildman–Crippen LogP) is 3.58. The van der Waals surface area contributed by atoms with Gasteiger partial charge in [-0.3, -0.25) is 14.4 Å². The van der Waals surface area contributed by atoms with Crippen molar-refractivity contribution >= 4 is 18.0 Å². The van der Waals surface area contributed by atoms with Crippen LogP contribution in [0.3, 0.4) is 0 Å². The number of benzene rings is 1. The first-order chi connectivity index (χ1) is 14.6. The molecule has 1 N–H and O–H groups in total. The maximum absolute atomic E-state index is 13.5. The molecule has 5 atom stereocenters. The Morgan fingerprint density at radius 1 is 1.13 bits per heavy atom. The van der Waals surface area contributed by atoms with E-state index in [2.05, 4.69) is 0 Å². The van der Waals surface area contributed by atoms with Crippen molar-refractivity contribution in [3.05, 3.63) is 45.2 Å². The van der Waals surface area contributed by atoms with Crippen molar-refractivity contribution in [2.45, 2.75) is 65.8 Å². The quantitative estimate of drug-likeness (QED) is 0.580. The van der Waals surface area contributed by atoms with Gasteiger partial charge in [-0.05, 0) is 38.8 Å². The van der Waals surface area contributed by atoms with Crippen LogP contribution in [0, 0.1) is 12.8 Å². The van der Waals surface area contributed by atoms with E-state index in [9.17, 15) is 19.5 Å². The Morgan fingerprint density at radius 3 is 2.45 bits per heavy atom. The van der Waals surface area contributed by atoms with Crippen LogP contribution in [0.1, 0.15) is 63.3 Å². The molecule has 2 aliphatic heterocycles. The van der Waals surface area contributed by atoms with E-state index in [0.29, 0.717) is 23.4 Å². The minimum atomic E-state index is -0.744. The fourth-order valence-electron chi connectivity index (χ4n) is 4.85. The van der Waals surface area contributed by atoms with Gasteiger partial charge in [0, 0.05) is 34.6 Å². The van der Waals surface area contributed by atoms with Crippen LogP contribution in [0.5, 0.6) is 11.5 Å². The summed E-state index contributed by atoms with van der Waals surface area (Å²) in [5.41, 5.74) is 3.06. The molecule has 1 aliphatic carbocycles. The fraction of sp³-hybridized carbons (Fsp3) is 0.458. The summed E-state index contributed by atoms with van der Waals surface area (Å²) in [7, 11) is 0. The van der Waals surface area contributed by atoms with Gasteiger partial charge >= 0.3 is 0 Å². The highest BCUT2D eigenvalue weighted by Gasteiger charge is 2.48. The third kappa shape index (κ3) is 2.94. The molecule has 0 radical (unpaired) electrons. The van der Waals surface area contributed by atoms with Crippen molar-refractivity contribution < 1.29 is 33.7 Å². The van der Waals surface area contributed by atoms with E-state index in [1.54, 1.807) is 20.8 Å². The molecular formula is C24H26O7. The number of hydrogen-bond acceptors (Lipinski definition) is 7. The average molecular weight is 426 g/mol. The number of carbonyl (C=O) groups is 3. The molecule has 7 nitrogen and oxygen atoms in total. The molecule has 0 saturated carbocycles. The summed E-state index contributed by atoms with van der Waals surface area (Å²) in [6, 6.07) is 1.47. The second-order valence-corrected chi connectivity index (χ2v) is 8.62. The number of phenolic OH excluding ortho intramolecular Hbond substituents is 1. The highest BCUT2D eigenvalue weighted by atomic mass is 16.5. The summed E-state index contributed by atoms with van der Waals surface area (Å²) < 4.78 is 17.2. The van der Waals surface area contributed by atoms with E-state index in [0.717, 1.165) is 11.1 Å². The Hall–Kier alpha value is -2.93. The lowest BCUT2D eigenvalue weighted by Crippen LogP contribution is -2.39. The third-order valence-corrected chi connectivity index (χ3v) is 6.97. The van der Waals surface area contributed by atoms with Crippen LogP contribution in [0.2, 0.25) is 0 Å². The lowest BCUT2D eigenvalue weighted by Gasteiger charge is -2.42. The largest absolute Gasteiger partial charge is 0.508 e. The molecule has 0 fully saturated rings. The molecular weight excluding hydrogens is 400 g/mol. The zero-order valence-electron chi connectivity index (χ0n) is 18.4. The molecule has 0 saturated heterocycles. The average Bonchev–Trinajstić information content (AvgIpc) is 2.72. The van der Waals surface area contributed by atoms with Gasteiger partial charge in [0.25, 0.3) is 6.47 Å². The Bertz CT molecular complexity index is 1080. The van der Waals surface area contributed by atoms with Gasteiger partial charge in [0.05, 0.1) is 11.7 Å². The summed E-state index contributed by atoms with van der Waals surface area (Å²) in [5.74, 6) is -0.957. The standard InChI is InChI=1S/C24H26O7/c1-9(13(5)29-8-25)18-12(4)21(27)20-23-19-16(31-24(20)22(18)28)7-15(26)11(3)17(19)10(2)14(6)30-23/h7-10,13-14,23,26H,1-6H3/t9-,10-,13-,14-,23+/m1/s1. The molecule has 7 heteroatoms. The van der Waals surface area contributed by atoms with Crippen molar-refractivity contribution in [3.8, 4) is 11.5 Å². The summed E-state index contributed by atoms with van der Waals surface area (Å²) in [5, 5.41) is 10.5. The number of aromatic hydroxyl groups is 1. The zero-order valence-corrected chi connectivity index (χ0v) is 18.4. The van der Waals surface area contributed by atoms with E-state index in [4.69, 9.17) is 14.2 Å². The lowest BCUT2D eigenvalue weighted by molar-refractivity contribution is -0.135. The van der Waals surface area contributed by atoms with Crippen LogP contribution in [-0.4, -0.2) is 35.4 Å². The van der Waals surface area contributed by atoms with Crippen LogP contribution >= 0.6 is 0 Å². The number of phenols is 1. The van der Waals surface area contributed by atoms with Crippen molar-refractivity contribution in [2.75, 3.05) is 0 Å². The highest BCUT2D eigenvalue weighted by Crippen LogP contribution is 2.54. The molecule has 2 heterocycles. The van der Waals surface area contributed by atoms with Gasteiger partial charge < -0.3 is 19.3 Å². The fourth-order valence-corrected chi connectivity index (χ4v) is 4.85. The molecule has 4 rings (SSSR count). The van der Waals surface area contributed by atoms with E-state index < -0.39 is 23.9 Å². The molecule has 164 valence electrons. The smallest absolute Gasteiger partial charge is 0.293 e. The van der Waals surface area contributed by atoms with Gasteiger partial charge in [-0.2, -0.15) is 0 Å². The van der Waals surface area contributed by atoms with Crippen LogP contribution in [0.15, 0.2) is 28.5 Å². The molecule has 1 aromatic rings. The van der Waals surface area contributed by atoms with Gasteiger partial charge in [-0.1, -0.05) is 13.8 Å². The number of hydrogen-bond donors (Lipinski definition) is 1. The maximum atomic E-state index is 13.5. The molecule has 1 aromatic carbocycles. The van der Waals surface area contributed by atoms with Gasteiger partial charge in [-0.25, -0.2) is 0 Å². The number of fused-ring (bicyclic) bond motifs is 1. The van der Waals surface area contributed by atoms with Gasteiger partial charge in [-0.15, -0.1) is 0 Å². The summed E-state index contributed by atoms with van der Waals surface area (Å²) in [6.45, 7) is 11.1. The van der Waals surface area contributed by atoms with Crippen molar-refractivity contribution in [2.24, 2.45) is 5.92 Å². The second-order valence-electron chi connectivity index (χ2n) is 8.62. The lowest BCUT2D eigenvalue weighted by atomic mass is 9.74. The molecule has 0 aromatic heterocycles. The Morgan fingerprint density at radius 2 is 1.81 bits per heavy atom. The van der Waals surface area contributed by atoms with Gasteiger partial charge in [0.1, 0.15) is 23.7 Å². The first-order valence-electron chi connectivity index (χ1n) is 10.4. The zero-order chi connectivity index (χ0) is 22.8. The van der Waals surface area contributed by atoms with Crippen LogP contribution in [0.4, 0.5) is 0 Å². The van der Waals surface area contributed by atoms with Crippen molar-refractivity contribution in [3.63, 3.8) is 0 Å². The molecule has 0 unspecified atom stereocenters. The molecule has 0 spiro atoms. The number of Topliss-reactive ketones (excluding diaryl/α,β-unsaturated/α-hetero) is 2. The number of carbonyl (C=O) groups excluding carboxylic acids is 3. The number of ether oxygens (including phenoxy) is 3. The van der Waals surface area contributed by atoms with Crippen LogP contribution in [-0.2, 0) is 23.9 Å². The monoisotopic (exact) mass is 426 g/mol. The third-order valence-electron chi connectivity index (χ3n) is 6.97. The molecule has 0 amide bonds. The molecule has 31 heavy (non-hydrogen) atoms. The maximum Gasteiger partial charge on any atom is 0.293 e. The van der Waals surface area contributed by atoms with Crippen LogP contribution < -0.4 is 4.74 Å². The highest BCUT2D eigenvalue weighted by molar-refractivity contribution is 6.25. The van der Waals surface area contributed by atoms with E-state index in [-0.39, 0.29) is 40.5 Å². The first kappa shape index (κ1) is 21.3. The van der Waals surface area contributed by atoms with Gasteiger partial charge in [0.15, 0.2) is 11.5 Å².